The summed E-state index contributed by atoms with van der Waals surface area (Å²) in [6.07, 6.45) is 0.00635. The number of hydrogen-bond acceptors (Lipinski definition) is 2. The summed E-state index contributed by atoms with van der Waals surface area (Å²) in [5, 5.41) is 12.7. The van der Waals surface area contributed by atoms with Gasteiger partial charge in [-0.2, -0.15) is 0 Å². The monoisotopic (exact) mass is 290 g/mol. The van der Waals surface area contributed by atoms with Crippen LogP contribution in [0.4, 0.5) is 23.7 Å². The third-order valence-corrected chi connectivity index (χ3v) is 2.49. The van der Waals surface area contributed by atoms with Crippen molar-refractivity contribution in [3.63, 3.8) is 0 Å². The number of hydrogen-bond donors (Lipinski definition) is 3. The number of rotatable bonds is 5. The van der Waals surface area contributed by atoms with Gasteiger partial charge in [0.1, 0.15) is 11.5 Å². The van der Waals surface area contributed by atoms with Gasteiger partial charge in [-0.05, 0) is 6.42 Å². The standard InChI is InChI=1S/C12H13F3N2O3/c1-2-7(5-10(18)19)16-12(20)17-11-8(14)3-6(13)4-9(11)15/h3-4,7H,2,5H2,1H3,(H,18,19)(H2,16,17,20). The molecule has 110 valence electrons. The number of carbonyl (C=O) groups is 2. The van der Waals surface area contributed by atoms with E-state index < -0.39 is 41.2 Å². The average molecular weight is 290 g/mol. The molecule has 20 heavy (non-hydrogen) atoms. The number of benzene rings is 1. The van der Waals surface area contributed by atoms with Crippen LogP contribution >= 0.6 is 0 Å². The molecule has 0 saturated heterocycles. The maximum Gasteiger partial charge on any atom is 0.319 e. The molecule has 8 heteroatoms. The van der Waals surface area contributed by atoms with Crippen LogP contribution in [0.25, 0.3) is 0 Å². The van der Waals surface area contributed by atoms with E-state index in [0.29, 0.717) is 18.6 Å². The lowest BCUT2D eigenvalue weighted by Crippen LogP contribution is -2.39. The molecule has 1 atom stereocenters. The molecule has 0 bridgehead atoms. The minimum atomic E-state index is -1.26. The van der Waals surface area contributed by atoms with Crippen molar-refractivity contribution in [2.75, 3.05) is 5.32 Å². The summed E-state index contributed by atoms with van der Waals surface area (Å²) in [5.74, 6) is -4.74. The summed E-state index contributed by atoms with van der Waals surface area (Å²) in [5.41, 5.74) is -0.797. The van der Waals surface area contributed by atoms with Gasteiger partial charge in [-0.15, -0.1) is 0 Å². The van der Waals surface area contributed by atoms with Crippen LogP contribution in [0.3, 0.4) is 0 Å². The zero-order chi connectivity index (χ0) is 15.3. The van der Waals surface area contributed by atoms with E-state index in [0.717, 1.165) is 0 Å². The fourth-order valence-corrected chi connectivity index (χ4v) is 1.50. The molecule has 5 nitrogen and oxygen atoms in total. The van der Waals surface area contributed by atoms with Crippen molar-refractivity contribution in [2.24, 2.45) is 0 Å². The SMILES string of the molecule is CCC(CC(=O)O)NC(=O)Nc1c(F)cc(F)cc1F. The second-order valence-electron chi connectivity index (χ2n) is 4.05. The second kappa shape index (κ2) is 6.78. The zero-order valence-electron chi connectivity index (χ0n) is 10.5. The van der Waals surface area contributed by atoms with Gasteiger partial charge in [0.25, 0.3) is 0 Å². The van der Waals surface area contributed by atoms with Crippen LogP contribution in [0.2, 0.25) is 0 Å². The number of carboxylic acid groups (broad SMARTS) is 1. The van der Waals surface area contributed by atoms with E-state index in [1.54, 1.807) is 6.92 Å². The van der Waals surface area contributed by atoms with Crippen LogP contribution in [-0.2, 0) is 4.79 Å². The molecule has 0 radical (unpaired) electrons. The van der Waals surface area contributed by atoms with E-state index >= 15 is 0 Å². The Morgan fingerprint density at radius 1 is 1.25 bits per heavy atom. The van der Waals surface area contributed by atoms with E-state index in [2.05, 4.69) is 5.32 Å². The third-order valence-electron chi connectivity index (χ3n) is 2.49. The Balaban J connectivity index is 2.73. The third kappa shape index (κ3) is 4.45. The lowest BCUT2D eigenvalue weighted by atomic mass is 10.1. The van der Waals surface area contributed by atoms with E-state index in [1.807, 2.05) is 5.32 Å². The van der Waals surface area contributed by atoms with Gasteiger partial charge >= 0.3 is 12.0 Å². The summed E-state index contributed by atoms with van der Waals surface area (Å²) in [6, 6.07) is -0.804. The van der Waals surface area contributed by atoms with Crippen LogP contribution in [0.1, 0.15) is 19.8 Å². The Hall–Kier alpha value is -2.25. The molecule has 1 aromatic rings. The van der Waals surface area contributed by atoms with Crippen LogP contribution in [0, 0.1) is 17.5 Å². The first-order valence-electron chi connectivity index (χ1n) is 5.77. The van der Waals surface area contributed by atoms with Crippen molar-refractivity contribution in [2.45, 2.75) is 25.8 Å². The molecule has 0 aliphatic rings. The summed E-state index contributed by atoms with van der Waals surface area (Å²) >= 11 is 0. The predicted octanol–water partition coefficient (Wildman–Crippen LogP) is 2.48. The first-order chi connectivity index (χ1) is 9.33. The highest BCUT2D eigenvalue weighted by Crippen LogP contribution is 2.20. The first-order valence-corrected chi connectivity index (χ1v) is 5.77. The highest BCUT2D eigenvalue weighted by atomic mass is 19.1. The summed E-state index contributed by atoms with van der Waals surface area (Å²) in [6.45, 7) is 1.65. The van der Waals surface area contributed by atoms with Gasteiger partial charge in [0.15, 0.2) is 11.6 Å². The molecule has 2 amide bonds. The number of halogens is 3. The first kappa shape index (κ1) is 15.8. The second-order valence-corrected chi connectivity index (χ2v) is 4.05. The van der Waals surface area contributed by atoms with Crippen LogP contribution in [0.15, 0.2) is 12.1 Å². The highest BCUT2D eigenvalue weighted by Gasteiger charge is 2.17. The topological polar surface area (TPSA) is 78.4 Å². The van der Waals surface area contributed by atoms with Crippen molar-refractivity contribution in [3.8, 4) is 0 Å². The smallest absolute Gasteiger partial charge is 0.319 e. The Kier molecular flexibility index (Phi) is 5.36. The molecule has 1 unspecified atom stereocenters. The summed E-state index contributed by atoms with van der Waals surface area (Å²) < 4.78 is 39.2. The molecule has 0 spiro atoms. The van der Waals surface area contributed by atoms with Crippen molar-refractivity contribution in [1.29, 1.82) is 0 Å². The number of urea groups is 1. The molecule has 0 aliphatic heterocycles. The number of amides is 2. The minimum absolute atomic E-state index is 0.321. The van der Waals surface area contributed by atoms with Gasteiger partial charge in [-0.3, -0.25) is 4.79 Å². The van der Waals surface area contributed by atoms with Gasteiger partial charge in [-0.25, -0.2) is 18.0 Å². The summed E-state index contributed by atoms with van der Waals surface area (Å²) in [7, 11) is 0. The van der Waals surface area contributed by atoms with E-state index in [9.17, 15) is 22.8 Å². The molecule has 1 aromatic carbocycles. The lowest BCUT2D eigenvalue weighted by molar-refractivity contribution is -0.137. The largest absolute Gasteiger partial charge is 0.481 e. The fraction of sp³-hybridized carbons (Fsp3) is 0.333. The van der Waals surface area contributed by atoms with Gasteiger partial charge in [0.2, 0.25) is 0 Å². The van der Waals surface area contributed by atoms with E-state index in [1.165, 1.54) is 0 Å². The number of anilines is 1. The molecular formula is C12H13F3N2O3. The van der Waals surface area contributed by atoms with Crippen LogP contribution in [0.5, 0.6) is 0 Å². The Morgan fingerprint density at radius 3 is 2.25 bits per heavy atom. The van der Waals surface area contributed by atoms with Crippen LogP contribution < -0.4 is 10.6 Å². The Morgan fingerprint density at radius 2 is 1.80 bits per heavy atom. The number of nitrogens with one attached hydrogen (secondary N) is 2. The molecule has 0 saturated carbocycles. The molecule has 0 aliphatic carbocycles. The van der Waals surface area contributed by atoms with E-state index in [4.69, 9.17) is 5.11 Å². The normalized spacial score (nSPS) is 11.8. The molecule has 3 N–H and O–H groups in total. The number of carboxylic acids is 1. The lowest BCUT2D eigenvalue weighted by Gasteiger charge is -2.16. The quantitative estimate of drug-likeness (QED) is 0.779. The molecule has 0 heterocycles. The van der Waals surface area contributed by atoms with Crippen molar-refractivity contribution in [3.05, 3.63) is 29.6 Å². The van der Waals surface area contributed by atoms with Crippen molar-refractivity contribution in [1.82, 2.24) is 5.32 Å². The number of aliphatic carboxylic acids is 1. The van der Waals surface area contributed by atoms with Crippen LogP contribution in [-0.4, -0.2) is 23.1 Å². The summed E-state index contributed by atoms with van der Waals surface area (Å²) in [4.78, 5) is 22.0. The van der Waals surface area contributed by atoms with Gasteiger partial charge in [0, 0.05) is 18.2 Å². The van der Waals surface area contributed by atoms with E-state index in [-0.39, 0.29) is 6.42 Å². The molecule has 0 fully saturated rings. The van der Waals surface area contributed by atoms with Gasteiger partial charge in [-0.1, -0.05) is 6.92 Å². The maximum atomic E-state index is 13.3. The van der Waals surface area contributed by atoms with Gasteiger partial charge in [0.05, 0.1) is 6.42 Å². The molecule has 0 aromatic heterocycles. The minimum Gasteiger partial charge on any atom is -0.481 e. The molecular weight excluding hydrogens is 277 g/mol. The fourth-order valence-electron chi connectivity index (χ4n) is 1.50. The number of carbonyl (C=O) groups excluding carboxylic acids is 1. The van der Waals surface area contributed by atoms with Gasteiger partial charge < -0.3 is 15.7 Å². The predicted molar refractivity (Wildman–Crippen MR) is 64.8 cm³/mol. The Labute approximate surface area is 112 Å². The average Bonchev–Trinajstić information content (AvgIpc) is 2.32. The zero-order valence-corrected chi connectivity index (χ0v) is 10.5. The maximum absolute atomic E-state index is 13.3. The Bertz CT molecular complexity index is 500. The molecule has 1 rings (SSSR count). The highest BCUT2D eigenvalue weighted by molar-refractivity contribution is 5.90. The van der Waals surface area contributed by atoms with Crippen molar-refractivity contribution < 1.29 is 27.9 Å². The van der Waals surface area contributed by atoms with Crippen molar-refractivity contribution >= 4 is 17.7 Å².